The smallest absolute Gasteiger partial charge is 0.232 e. The van der Waals surface area contributed by atoms with Crippen molar-refractivity contribution in [3.8, 4) is 0 Å². The van der Waals surface area contributed by atoms with Gasteiger partial charge in [-0.15, -0.1) is 12.4 Å². The summed E-state index contributed by atoms with van der Waals surface area (Å²) in [5.74, 6) is -0.0894. The Morgan fingerprint density at radius 1 is 1.00 bits per heavy atom. The second kappa shape index (κ2) is 6.95. The topological polar surface area (TPSA) is 55.1 Å². The average molecular weight is 317 g/mol. The summed E-state index contributed by atoms with van der Waals surface area (Å²) in [6.07, 6.45) is 0.951. The Morgan fingerprint density at radius 2 is 1.50 bits per heavy atom. The van der Waals surface area contributed by atoms with Crippen LogP contribution in [0, 0.1) is 5.92 Å². The zero-order chi connectivity index (χ0) is 14.7. The van der Waals surface area contributed by atoms with Crippen molar-refractivity contribution < 1.29 is 4.79 Å². The minimum absolute atomic E-state index is 0. The van der Waals surface area contributed by atoms with E-state index in [-0.39, 0.29) is 24.2 Å². The highest BCUT2D eigenvalue weighted by Gasteiger charge is 2.48. The fraction of sp³-hybridized carbons (Fsp3) is 0.278. The molecule has 2 aromatic rings. The highest BCUT2D eigenvalue weighted by atomic mass is 35.5. The summed E-state index contributed by atoms with van der Waals surface area (Å²) < 4.78 is 0. The second-order valence-corrected chi connectivity index (χ2v) is 5.59. The summed E-state index contributed by atoms with van der Waals surface area (Å²) in [5.41, 5.74) is 7.16. The van der Waals surface area contributed by atoms with Gasteiger partial charge in [-0.1, -0.05) is 60.7 Å². The molecule has 1 atom stereocenters. The van der Waals surface area contributed by atoms with Gasteiger partial charge in [-0.3, -0.25) is 4.79 Å². The molecule has 22 heavy (non-hydrogen) atoms. The number of nitrogens with two attached hydrogens (primary N) is 1. The molecule has 1 saturated heterocycles. The van der Waals surface area contributed by atoms with E-state index < -0.39 is 5.41 Å². The Kier molecular flexibility index (Phi) is 5.22. The third kappa shape index (κ3) is 2.62. The second-order valence-electron chi connectivity index (χ2n) is 5.59. The maximum Gasteiger partial charge on any atom is 0.232 e. The summed E-state index contributed by atoms with van der Waals surface area (Å²) in [4.78, 5) is 12.6. The molecule has 4 heteroatoms. The molecule has 3 rings (SSSR count). The van der Waals surface area contributed by atoms with Gasteiger partial charge < -0.3 is 11.1 Å². The lowest BCUT2D eigenvalue weighted by Gasteiger charge is -2.37. The first-order valence-corrected chi connectivity index (χ1v) is 7.38. The van der Waals surface area contributed by atoms with E-state index in [9.17, 15) is 4.79 Å². The first kappa shape index (κ1) is 16.5. The van der Waals surface area contributed by atoms with E-state index in [1.165, 1.54) is 0 Å². The summed E-state index contributed by atoms with van der Waals surface area (Å²) in [7, 11) is 0. The lowest BCUT2D eigenvalue weighted by atomic mass is 9.65. The van der Waals surface area contributed by atoms with Crippen LogP contribution in [0.3, 0.4) is 0 Å². The molecule has 2 aromatic carbocycles. The minimum Gasteiger partial charge on any atom is -0.369 e. The molecular weight excluding hydrogens is 296 g/mol. The van der Waals surface area contributed by atoms with E-state index in [2.05, 4.69) is 5.32 Å². The molecule has 0 bridgehead atoms. The molecular formula is C18H21ClN2O. The van der Waals surface area contributed by atoms with Gasteiger partial charge in [0.1, 0.15) is 5.41 Å². The van der Waals surface area contributed by atoms with Crippen LogP contribution in [0.5, 0.6) is 0 Å². The number of benzene rings is 2. The molecule has 1 aliphatic rings. The number of primary amides is 1. The predicted octanol–water partition coefficient (Wildman–Crippen LogP) is 2.49. The van der Waals surface area contributed by atoms with Gasteiger partial charge in [0, 0.05) is 0 Å². The van der Waals surface area contributed by atoms with Crippen LogP contribution in [0.15, 0.2) is 60.7 Å². The third-order valence-corrected chi connectivity index (χ3v) is 4.52. The Balaban J connectivity index is 0.00000176. The Hall–Kier alpha value is -1.84. The fourth-order valence-corrected chi connectivity index (χ4v) is 3.55. The van der Waals surface area contributed by atoms with Gasteiger partial charge in [0.05, 0.1) is 0 Å². The van der Waals surface area contributed by atoms with Gasteiger partial charge in [0.15, 0.2) is 0 Å². The van der Waals surface area contributed by atoms with Crippen LogP contribution in [0.25, 0.3) is 0 Å². The average Bonchev–Trinajstić information content (AvgIpc) is 3.04. The van der Waals surface area contributed by atoms with Gasteiger partial charge in [-0.2, -0.15) is 0 Å². The number of amides is 1. The van der Waals surface area contributed by atoms with Crippen molar-refractivity contribution in [3.05, 3.63) is 71.8 Å². The lowest BCUT2D eigenvalue weighted by molar-refractivity contribution is -0.123. The van der Waals surface area contributed by atoms with E-state index in [1.54, 1.807) is 0 Å². The number of carbonyl (C=O) groups is 1. The van der Waals surface area contributed by atoms with Crippen LogP contribution < -0.4 is 11.1 Å². The van der Waals surface area contributed by atoms with Crippen molar-refractivity contribution in [1.29, 1.82) is 0 Å². The first-order chi connectivity index (χ1) is 10.3. The number of nitrogens with one attached hydrogen (secondary N) is 1. The summed E-state index contributed by atoms with van der Waals surface area (Å²) in [6.45, 7) is 1.74. The highest BCUT2D eigenvalue weighted by molar-refractivity contribution is 5.91. The monoisotopic (exact) mass is 316 g/mol. The molecule has 116 valence electrons. The van der Waals surface area contributed by atoms with Gasteiger partial charge >= 0.3 is 0 Å². The minimum atomic E-state index is -0.758. The van der Waals surface area contributed by atoms with Crippen molar-refractivity contribution in [2.75, 3.05) is 13.1 Å². The largest absolute Gasteiger partial charge is 0.369 e. The SMILES string of the molecule is Cl.NC(=O)C(c1ccccc1)(c1ccccc1)C1CCNC1. The maximum absolute atomic E-state index is 12.6. The summed E-state index contributed by atoms with van der Waals surface area (Å²) in [5, 5.41) is 3.36. The molecule has 0 spiro atoms. The first-order valence-electron chi connectivity index (χ1n) is 7.38. The Labute approximate surface area is 137 Å². The zero-order valence-electron chi connectivity index (χ0n) is 12.4. The normalized spacial score (nSPS) is 17.7. The Morgan fingerprint density at radius 3 is 1.86 bits per heavy atom. The van der Waals surface area contributed by atoms with Crippen molar-refractivity contribution >= 4 is 18.3 Å². The lowest BCUT2D eigenvalue weighted by Crippen LogP contribution is -2.49. The number of carbonyl (C=O) groups excluding carboxylic acids is 1. The van der Waals surface area contributed by atoms with E-state index in [4.69, 9.17) is 5.73 Å². The van der Waals surface area contributed by atoms with Crippen LogP contribution in [-0.4, -0.2) is 19.0 Å². The van der Waals surface area contributed by atoms with Gasteiger partial charge in [0.2, 0.25) is 5.91 Å². The molecule has 1 amide bonds. The molecule has 3 nitrogen and oxygen atoms in total. The standard InChI is InChI=1S/C18H20N2O.ClH/c19-17(21)18(16-11-12-20-13-16,14-7-3-1-4-8-14)15-9-5-2-6-10-15;/h1-10,16,20H,11-13H2,(H2,19,21);1H. The van der Waals surface area contributed by atoms with E-state index >= 15 is 0 Å². The van der Waals surface area contributed by atoms with Crippen LogP contribution in [-0.2, 0) is 10.2 Å². The van der Waals surface area contributed by atoms with Crippen LogP contribution in [0.2, 0.25) is 0 Å². The Bertz CT molecular complexity index is 570. The zero-order valence-corrected chi connectivity index (χ0v) is 13.2. The molecule has 0 saturated carbocycles. The number of hydrogen-bond acceptors (Lipinski definition) is 2. The summed E-state index contributed by atoms with van der Waals surface area (Å²) in [6, 6.07) is 19.9. The maximum atomic E-state index is 12.6. The van der Waals surface area contributed by atoms with Crippen molar-refractivity contribution in [1.82, 2.24) is 5.32 Å². The summed E-state index contributed by atoms with van der Waals surface area (Å²) >= 11 is 0. The molecule has 0 aliphatic carbocycles. The van der Waals surface area contributed by atoms with Crippen molar-refractivity contribution in [2.45, 2.75) is 11.8 Å². The quantitative estimate of drug-likeness (QED) is 0.910. The van der Waals surface area contributed by atoms with E-state index in [1.807, 2.05) is 60.7 Å². The van der Waals surface area contributed by atoms with Crippen LogP contribution in [0.1, 0.15) is 17.5 Å². The molecule has 1 aliphatic heterocycles. The molecule has 3 N–H and O–H groups in total. The van der Waals surface area contributed by atoms with Gasteiger partial charge in [0.25, 0.3) is 0 Å². The fourth-order valence-electron chi connectivity index (χ4n) is 3.55. The van der Waals surface area contributed by atoms with E-state index in [0.29, 0.717) is 0 Å². The number of rotatable bonds is 4. The highest BCUT2D eigenvalue weighted by Crippen LogP contribution is 2.41. The molecule has 1 unspecified atom stereocenters. The molecule has 0 radical (unpaired) electrons. The van der Waals surface area contributed by atoms with Gasteiger partial charge in [-0.25, -0.2) is 0 Å². The third-order valence-electron chi connectivity index (χ3n) is 4.52. The molecule has 1 heterocycles. The van der Waals surface area contributed by atoms with E-state index in [0.717, 1.165) is 30.6 Å². The molecule has 1 fully saturated rings. The number of halogens is 1. The van der Waals surface area contributed by atoms with Crippen molar-refractivity contribution in [2.24, 2.45) is 11.7 Å². The number of hydrogen-bond donors (Lipinski definition) is 2. The van der Waals surface area contributed by atoms with Crippen molar-refractivity contribution in [3.63, 3.8) is 0 Å². The van der Waals surface area contributed by atoms with Crippen LogP contribution >= 0.6 is 12.4 Å². The van der Waals surface area contributed by atoms with Gasteiger partial charge in [-0.05, 0) is 36.6 Å². The van der Waals surface area contributed by atoms with Crippen LogP contribution in [0.4, 0.5) is 0 Å². The predicted molar refractivity (Wildman–Crippen MR) is 91.1 cm³/mol. The molecule has 0 aromatic heterocycles.